The van der Waals surface area contributed by atoms with Crippen molar-refractivity contribution in [1.82, 2.24) is 20.9 Å². The zero-order valence-electron chi connectivity index (χ0n) is 16.3. The lowest BCUT2D eigenvalue weighted by Crippen LogP contribution is -2.61. The molecule has 0 aromatic rings. The number of halogens is 3. The normalized spacial score (nSPS) is 24.7. The van der Waals surface area contributed by atoms with Gasteiger partial charge in [0, 0.05) is 18.2 Å². The minimum atomic E-state index is -4.34. The van der Waals surface area contributed by atoms with Gasteiger partial charge in [0.1, 0.15) is 12.3 Å². The summed E-state index contributed by atoms with van der Waals surface area (Å²) in [6, 6.07) is -1.65. The lowest BCUT2D eigenvalue weighted by atomic mass is 10.2. The molecule has 2 rings (SSSR count). The van der Waals surface area contributed by atoms with Crippen LogP contribution in [-0.2, 0) is 0 Å². The molecule has 3 unspecified atom stereocenters. The number of allylic oxidation sites excluding steroid dienone is 2. The second-order valence-corrected chi connectivity index (χ2v) is 6.12. The molecule has 0 amide bonds. The van der Waals surface area contributed by atoms with E-state index in [4.69, 9.17) is 5.73 Å². The summed E-state index contributed by atoms with van der Waals surface area (Å²) in [7, 11) is 1.41. The van der Waals surface area contributed by atoms with Gasteiger partial charge in [-0.15, -0.1) is 0 Å². The minimum Gasteiger partial charge on any atom is -0.371 e. The van der Waals surface area contributed by atoms with Crippen LogP contribution in [-0.4, -0.2) is 43.0 Å². The number of nitrogens with zero attached hydrogens (tertiary/aromatic N) is 1. The van der Waals surface area contributed by atoms with E-state index in [1.54, 1.807) is 12.3 Å². The molecule has 26 heavy (non-hydrogen) atoms. The Morgan fingerprint density at radius 3 is 2.38 bits per heavy atom. The van der Waals surface area contributed by atoms with E-state index in [9.17, 15) is 13.2 Å². The molecule has 0 bridgehead atoms. The first-order chi connectivity index (χ1) is 12.3. The van der Waals surface area contributed by atoms with E-state index >= 15 is 0 Å². The second kappa shape index (κ2) is 12.1. The van der Waals surface area contributed by atoms with Gasteiger partial charge >= 0.3 is 6.18 Å². The summed E-state index contributed by atoms with van der Waals surface area (Å²) in [4.78, 5) is 1.35. The van der Waals surface area contributed by atoms with E-state index in [0.717, 1.165) is 23.2 Å². The molecule has 2 heterocycles. The maximum absolute atomic E-state index is 13.2. The smallest absolute Gasteiger partial charge is 0.371 e. The van der Waals surface area contributed by atoms with Crippen molar-refractivity contribution in [1.29, 1.82) is 0 Å². The predicted octanol–water partition coefficient (Wildman–Crippen LogP) is 3.26. The maximum Gasteiger partial charge on any atom is 0.413 e. The van der Waals surface area contributed by atoms with Gasteiger partial charge < -0.3 is 21.3 Å². The first kappa shape index (κ1) is 24.7. The highest BCUT2D eigenvalue weighted by Crippen LogP contribution is 2.39. The first-order valence-electron chi connectivity index (χ1n) is 8.89. The Kier molecular flexibility index (Phi) is 11.5. The summed E-state index contributed by atoms with van der Waals surface area (Å²) in [6.45, 7) is 10.7. The van der Waals surface area contributed by atoms with Gasteiger partial charge in [-0.2, -0.15) is 13.2 Å². The van der Waals surface area contributed by atoms with Crippen molar-refractivity contribution in [3.63, 3.8) is 0 Å². The predicted molar refractivity (Wildman–Crippen MR) is 105 cm³/mol. The Bertz CT molecular complexity index is 491. The highest BCUT2D eigenvalue weighted by molar-refractivity contribution is 8.06. The number of hydrogen-bond donors (Lipinski definition) is 4. The number of alkyl halides is 3. The molecule has 3 atom stereocenters. The molecule has 2 aliphatic rings. The van der Waals surface area contributed by atoms with Crippen LogP contribution in [0.5, 0.6) is 0 Å². The van der Waals surface area contributed by atoms with Crippen LogP contribution < -0.4 is 21.7 Å². The van der Waals surface area contributed by atoms with Gasteiger partial charge in [-0.3, -0.25) is 5.32 Å². The number of hydrogen-bond acceptors (Lipinski definition) is 6. The van der Waals surface area contributed by atoms with Gasteiger partial charge in [0.2, 0.25) is 0 Å². The fraction of sp³-hybridized carbons (Fsp3) is 0.647. The molecule has 0 aliphatic carbocycles. The van der Waals surface area contributed by atoms with E-state index in [-0.39, 0.29) is 11.1 Å². The van der Waals surface area contributed by atoms with Gasteiger partial charge in [-0.25, -0.2) is 0 Å². The number of rotatable bonds is 4. The largest absolute Gasteiger partial charge is 0.413 e. The third-order valence-electron chi connectivity index (χ3n) is 3.28. The Hall–Kier alpha value is -1.32. The summed E-state index contributed by atoms with van der Waals surface area (Å²) < 4.78 is 39.6. The van der Waals surface area contributed by atoms with E-state index in [1.807, 2.05) is 34.6 Å². The van der Waals surface area contributed by atoms with Gasteiger partial charge in [-0.1, -0.05) is 46.4 Å². The maximum atomic E-state index is 13.2. The monoisotopic (exact) mass is 395 g/mol. The van der Waals surface area contributed by atoms with Crippen molar-refractivity contribution >= 4 is 11.8 Å². The molecule has 0 fully saturated rings. The molecule has 0 spiro atoms. The molecular weight excluding hydrogens is 363 g/mol. The molecule has 5 nitrogen and oxygen atoms in total. The first-order valence-corrected chi connectivity index (χ1v) is 9.71. The van der Waals surface area contributed by atoms with E-state index < -0.39 is 18.4 Å². The molecule has 0 saturated carbocycles. The number of nitrogens with one attached hydrogen (secondary N) is 3. The Balaban J connectivity index is 0.00000146. The summed E-state index contributed by atoms with van der Waals surface area (Å²) >= 11 is 1.03. The SMILES string of the molecule is CC.CC.CCNC1NC=C(SC2=CC=CN(C)C2C(F)(F)F)NC1N. The van der Waals surface area contributed by atoms with Crippen LogP contribution >= 0.6 is 11.8 Å². The van der Waals surface area contributed by atoms with Crippen LogP contribution in [0.2, 0.25) is 0 Å². The minimum absolute atomic E-state index is 0.157. The lowest BCUT2D eigenvalue weighted by molar-refractivity contribution is -0.162. The molecule has 0 saturated heterocycles. The number of thioether (sulfide) groups is 1. The molecule has 0 aromatic heterocycles. The average molecular weight is 396 g/mol. The van der Waals surface area contributed by atoms with Gasteiger partial charge in [0.05, 0.1) is 5.03 Å². The van der Waals surface area contributed by atoms with Crippen LogP contribution in [0.3, 0.4) is 0 Å². The second-order valence-electron chi connectivity index (χ2n) is 5.00. The van der Waals surface area contributed by atoms with Gasteiger partial charge in [-0.05, 0) is 24.9 Å². The Morgan fingerprint density at radius 2 is 1.88 bits per heavy atom. The molecule has 9 heteroatoms. The summed E-state index contributed by atoms with van der Waals surface area (Å²) in [5.41, 5.74) is 5.95. The Labute approximate surface area is 159 Å². The zero-order valence-corrected chi connectivity index (χ0v) is 17.1. The van der Waals surface area contributed by atoms with E-state index in [0.29, 0.717) is 5.03 Å². The third kappa shape index (κ3) is 7.13. The molecule has 0 aromatic carbocycles. The number of nitrogens with two attached hydrogens (primary N) is 1. The van der Waals surface area contributed by atoms with Crippen LogP contribution in [0.1, 0.15) is 34.6 Å². The molecule has 2 aliphatic heterocycles. The summed E-state index contributed by atoms with van der Waals surface area (Å²) in [6.07, 6.45) is 1.22. The van der Waals surface area contributed by atoms with Crippen LogP contribution in [0, 0.1) is 0 Å². The van der Waals surface area contributed by atoms with Crippen molar-refractivity contribution in [3.8, 4) is 0 Å². The topological polar surface area (TPSA) is 65.3 Å². The fourth-order valence-corrected chi connectivity index (χ4v) is 3.42. The molecule has 152 valence electrons. The highest BCUT2D eigenvalue weighted by Gasteiger charge is 2.45. The van der Waals surface area contributed by atoms with Gasteiger partial charge in [0.15, 0.2) is 6.04 Å². The standard InChI is InChI=1S/C13H20F3N5S.2C2H6/c1-3-18-12-11(17)20-9(7-19-12)22-8-5-4-6-21(2)10(8)13(14,15)16;2*1-2/h4-7,10-12,18-20H,3,17H2,1-2H3;2*1-2H3. The number of likely N-dealkylation sites (N-methyl/N-ethyl adjacent to an activating group) is 2. The molecular formula is C17H32F3N5S. The van der Waals surface area contributed by atoms with E-state index in [1.165, 1.54) is 19.3 Å². The van der Waals surface area contributed by atoms with Crippen molar-refractivity contribution in [2.75, 3.05) is 13.6 Å². The highest BCUT2D eigenvalue weighted by atomic mass is 32.2. The molecule has 5 N–H and O–H groups in total. The van der Waals surface area contributed by atoms with Crippen molar-refractivity contribution < 1.29 is 13.2 Å². The van der Waals surface area contributed by atoms with Crippen molar-refractivity contribution in [2.45, 2.75) is 59.2 Å². The quantitative estimate of drug-likeness (QED) is 0.586. The summed E-state index contributed by atoms with van der Waals surface area (Å²) in [5.74, 6) is 0. The lowest BCUT2D eigenvalue weighted by Gasteiger charge is -2.35. The van der Waals surface area contributed by atoms with Crippen molar-refractivity contribution in [2.24, 2.45) is 5.73 Å². The van der Waals surface area contributed by atoms with Crippen LogP contribution in [0.15, 0.2) is 34.5 Å². The van der Waals surface area contributed by atoms with Gasteiger partial charge in [0.25, 0.3) is 0 Å². The third-order valence-corrected chi connectivity index (χ3v) is 4.33. The summed E-state index contributed by atoms with van der Waals surface area (Å²) in [5, 5.41) is 9.76. The Morgan fingerprint density at radius 1 is 1.27 bits per heavy atom. The van der Waals surface area contributed by atoms with Crippen molar-refractivity contribution in [3.05, 3.63) is 34.5 Å². The molecule has 0 radical (unpaired) electrons. The average Bonchev–Trinajstić information content (AvgIpc) is 2.60. The zero-order chi connectivity index (χ0) is 20.3. The van der Waals surface area contributed by atoms with Crippen LogP contribution in [0.25, 0.3) is 0 Å². The fourth-order valence-electron chi connectivity index (χ4n) is 2.28. The van der Waals surface area contributed by atoms with E-state index in [2.05, 4.69) is 16.0 Å². The van der Waals surface area contributed by atoms with Crippen LogP contribution in [0.4, 0.5) is 13.2 Å².